The van der Waals surface area contributed by atoms with Gasteiger partial charge in [-0.05, 0) is 43.6 Å². The Morgan fingerprint density at radius 1 is 1.45 bits per heavy atom. The molecule has 1 saturated heterocycles. The van der Waals surface area contributed by atoms with Crippen molar-refractivity contribution in [2.24, 2.45) is 5.10 Å². The van der Waals surface area contributed by atoms with Gasteiger partial charge in [-0.25, -0.2) is 0 Å². The number of hydrogen-bond acceptors (Lipinski definition) is 4. The highest BCUT2D eigenvalue weighted by Crippen LogP contribution is 2.18. The maximum Gasteiger partial charge on any atom is 0.187 e. The average Bonchev–Trinajstić information content (AvgIpc) is 3.05. The van der Waals surface area contributed by atoms with Crippen LogP contribution in [0.3, 0.4) is 0 Å². The van der Waals surface area contributed by atoms with E-state index in [1.807, 2.05) is 31.2 Å². The molecule has 0 saturated carbocycles. The minimum Gasteiger partial charge on any atom is -0.496 e. The fraction of sp³-hybridized carbons (Fsp3) is 0.500. The lowest BCUT2D eigenvalue weighted by molar-refractivity contribution is 0.114. The molecule has 22 heavy (non-hydrogen) atoms. The zero-order valence-corrected chi connectivity index (χ0v) is 13.9. The highest BCUT2D eigenvalue weighted by Gasteiger charge is 2.15. The summed E-state index contributed by atoms with van der Waals surface area (Å²) in [5.41, 5.74) is 4.91. The first-order valence-electron chi connectivity index (χ1n) is 7.49. The van der Waals surface area contributed by atoms with Gasteiger partial charge >= 0.3 is 0 Å². The number of methoxy groups -OCH3 is 1. The number of benzene rings is 1. The Kier molecular flexibility index (Phi) is 6.61. The molecule has 1 aromatic rings. The van der Waals surface area contributed by atoms with Crippen molar-refractivity contribution < 1.29 is 9.47 Å². The molecule has 6 heteroatoms. The van der Waals surface area contributed by atoms with E-state index in [9.17, 15) is 0 Å². The molecule has 1 aromatic carbocycles. The minimum atomic E-state index is 0.262. The van der Waals surface area contributed by atoms with Gasteiger partial charge in [-0.15, -0.1) is 0 Å². The normalized spacial score (nSPS) is 18.1. The third-order valence-electron chi connectivity index (χ3n) is 3.50. The summed E-state index contributed by atoms with van der Waals surface area (Å²) in [7, 11) is 1.67. The van der Waals surface area contributed by atoms with E-state index in [1.54, 1.807) is 7.11 Å². The fourth-order valence-electron chi connectivity index (χ4n) is 2.36. The summed E-state index contributed by atoms with van der Waals surface area (Å²) in [6, 6.07) is 7.93. The molecular formula is C16H23N3O2S. The molecule has 0 amide bonds. The molecule has 0 unspecified atom stereocenters. The van der Waals surface area contributed by atoms with Crippen LogP contribution in [-0.4, -0.2) is 37.2 Å². The topological polar surface area (TPSA) is 54.9 Å². The van der Waals surface area contributed by atoms with Crippen molar-refractivity contribution in [3.8, 4) is 5.75 Å². The highest BCUT2D eigenvalue weighted by atomic mass is 32.1. The smallest absolute Gasteiger partial charge is 0.187 e. The Morgan fingerprint density at radius 2 is 2.27 bits per heavy atom. The third-order valence-corrected chi connectivity index (χ3v) is 3.74. The average molecular weight is 321 g/mol. The zero-order valence-electron chi connectivity index (χ0n) is 13.1. The number of nitrogens with one attached hydrogen (secondary N) is 2. The predicted molar refractivity (Wildman–Crippen MR) is 92.5 cm³/mol. The zero-order chi connectivity index (χ0) is 15.8. The Bertz CT molecular complexity index is 528. The molecule has 0 radical (unpaired) electrons. The van der Waals surface area contributed by atoms with Crippen LogP contribution in [0.15, 0.2) is 29.4 Å². The number of hydrazone groups is 1. The molecule has 5 nitrogen and oxygen atoms in total. The Balaban J connectivity index is 1.77. The summed E-state index contributed by atoms with van der Waals surface area (Å²) in [6.07, 6.45) is 3.19. The van der Waals surface area contributed by atoms with Crippen molar-refractivity contribution in [1.29, 1.82) is 0 Å². The highest BCUT2D eigenvalue weighted by molar-refractivity contribution is 7.80. The quantitative estimate of drug-likeness (QED) is 0.478. The third kappa shape index (κ3) is 5.27. The van der Waals surface area contributed by atoms with Crippen molar-refractivity contribution >= 4 is 23.0 Å². The van der Waals surface area contributed by atoms with Crippen molar-refractivity contribution in [3.63, 3.8) is 0 Å². The number of ether oxygens (including phenoxy) is 2. The lowest BCUT2D eigenvalue weighted by Crippen LogP contribution is -2.37. The summed E-state index contributed by atoms with van der Waals surface area (Å²) in [4.78, 5) is 0. The van der Waals surface area contributed by atoms with Crippen LogP contribution >= 0.6 is 12.2 Å². The van der Waals surface area contributed by atoms with E-state index < -0.39 is 0 Å². The number of para-hydroxylation sites is 1. The number of rotatable bonds is 6. The van der Waals surface area contributed by atoms with Crippen LogP contribution in [0.5, 0.6) is 5.75 Å². The molecule has 0 aromatic heterocycles. The van der Waals surface area contributed by atoms with Crippen LogP contribution in [0, 0.1) is 0 Å². The molecule has 1 heterocycles. The van der Waals surface area contributed by atoms with Crippen molar-refractivity contribution in [1.82, 2.24) is 10.7 Å². The molecule has 0 aliphatic carbocycles. The molecule has 1 aliphatic rings. The Morgan fingerprint density at radius 3 is 3.00 bits per heavy atom. The molecule has 0 bridgehead atoms. The van der Waals surface area contributed by atoms with E-state index in [2.05, 4.69) is 15.8 Å². The molecule has 1 fully saturated rings. The monoisotopic (exact) mass is 321 g/mol. The van der Waals surface area contributed by atoms with Crippen LogP contribution < -0.4 is 15.5 Å². The maximum absolute atomic E-state index is 5.53. The maximum atomic E-state index is 5.53. The first kappa shape index (κ1) is 16.7. The van der Waals surface area contributed by atoms with Crippen LogP contribution in [-0.2, 0) is 11.2 Å². The van der Waals surface area contributed by atoms with Gasteiger partial charge in [0.05, 0.1) is 13.2 Å². The number of hydrogen-bond donors (Lipinski definition) is 2. The van der Waals surface area contributed by atoms with Gasteiger partial charge in [0.25, 0.3) is 0 Å². The van der Waals surface area contributed by atoms with Gasteiger partial charge in [-0.3, -0.25) is 5.43 Å². The number of nitrogens with zero attached hydrogens (tertiary/aromatic N) is 1. The van der Waals surface area contributed by atoms with Gasteiger partial charge in [0.15, 0.2) is 5.11 Å². The number of thiocarbonyl (C=S) groups is 1. The van der Waals surface area contributed by atoms with E-state index in [1.165, 1.54) is 0 Å². The molecule has 2 rings (SSSR count). The van der Waals surface area contributed by atoms with Gasteiger partial charge in [-0.2, -0.15) is 5.10 Å². The molecule has 120 valence electrons. The van der Waals surface area contributed by atoms with Crippen LogP contribution in [0.1, 0.15) is 25.3 Å². The standard InChI is InChI=1S/C16H23N3O2S/c1-12(10-13-6-3-4-8-15(13)20-2)18-19-16(22)17-11-14-7-5-9-21-14/h3-4,6,8,14H,5,7,9-11H2,1-2H3,(H2,17,19,22)/b18-12-/t14-/m0/s1. The molecule has 1 atom stereocenters. The van der Waals surface area contributed by atoms with Crippen LogP contribution in [0.2, 0.25) is 0 Å². The van der Waals surface area contributed by atoms with E-state index in [0.717, 1.165) is 43.0 Å². The van der Waals surface area contributed by atoms with Gasteiger partial charge in [0.1, 0.15) is 5.75 Å². The van der Waals surface area contributed by atoms with Gasteiger partial charge in [-0.1, -0.05) is 18.2 Å². The fourth-order valence-corrected chi connectivity index (χ4v) is 2.49. The second-order valence-electron chi connectivity index (χ2n) is 5.29. The summed E-state index contributed by atoms with van der Waals surface area (Å²) in [5.74, 6) is 0.871. The molecule has 1 aliphatic heterocycles. The molecular weight excluding hydrogens is 298 g/mol. The second-order valence-corrected chi connectivity index (χ2v) is 5.70. The van der Waals surface area contributed by atoms with E-state index in [4.69, 9.17) is 21.7 Å². The minimum absolute atomic E-state index is 0.262. The molecule has 2 N–H and O–H groups in total. The van der Waals surface area contributed by atoms with Crippen LogP contribution in [0.4, 0.5) is 0 Å². The van der Waals surface area contributed by atoms with Crippen molar-refractivity contribution in [2.75, 3.05) is 20.3 Å². The van der Waals surface area contributed by atoms with E-state index in [0.29, 0.717) is 11.5 Å². The van der Waals surface area contributed by atoms with Crippen LogP contribution in [0.25, 0.3) is 0 Å². The lowest BCUT2D eigenvalue weighted by Gasteiger charge is -2.12. The summed E-state index contributed by atoms with van der Waals surface area (Å²) < 4.78 is 10.9. The van der Waals surface area contributed by atoms with E-state index >= 15 is 0 Å². The van der Waals surface area contributed by atoms with Crippen molar-refractivity contribution in [2.45, 2.75) is 32.3 Å². The second kappa shape index (κ2) is 8.70. The Labute approximate surface area is 137 Å². The van der Waals surface area contributed by atoms with Gasteiger partial charge in [0, 0.05) is 25.3 Å². The first-order valence-corrected chi connectivity index (χ1v) is 7.90. The first-order chi connectivity index (χ1) is 10.7. The largest absolute Gasteiger partial charge is 0.496 e. The Hall–Kier alpha value is -1.66. The summed E-state index contributed by atoms with van der Waals surface area (Å²) >= 11 is 5.21. The van der Waals surface area contributed by atoms with E-state index in [-0.39, 0.29) is 6.10 Å². The lowest BCUT2D eigenvalue weighted by atomic mass is 10.1. The van der Waals surface area contributed by atoms with Crippen molar-refractivity contribution in [3.05, 3.63) is 29.8 Å². The predicted octanol–water partition coefficient (Wildman–Crippen LogP) is 2.26. The summed E-state index contributed by atoms with van der Waals surface area (Å²) in [5, 5.41) is 7.96. The van der Waals surface area contributed by atoms with Gasteiger partial charge < -0.3 is 14.8 Å². The van der Waals surface area contributed by atoms with Gasteiger partial charge in [0.2, 0.25) is 0 Å². The summed E-state index contributed by atoms with van der Waals surface area (Å²) in [6.45, 7) is 3.54. The molecule has 0 spiro atoms. The SMILES string of the molecule is COc1ccccc1C/C(C)=N\NC(=S)NC[C@@H]1CCCO1.